The Bertz CT molecular complexity index is 547. The Labute approximate surface area is 105 Å². The van der Waals surface area contributed by atoms with Crippen molar-refractivity contribution in [3.63, 3.8) is 0 Å². The van der Waals surface area contributed by atoms with E-state index in [4.69, 9.17) is 0 Å². The molecule has 0 radical (unpaired) electrons. The van der Waals surface area contributed by atoms with Gasteiger partial charge in [-0.3, -0.25) is 0 Å². The second kappa shape index (κ2) is 4.80. The standard InChI is InChI=1S/C16H18Si/c1-12-8-5-6-11-15(12)17(4)16-13(2)9-7-10-14(16)3/h5-11H,4H2,1-3H3. The molecule has 17 heavy (non-hydrogen) atoms. The number of hydrogen-bond acceptors (Lipinski definition) is 0. The van der Waals surface area contributed by atoms with Gasteiger partial charge in [0.15, 0.2) is 0 Å². The summed E-state index contributed by atoms with van der Waals surface area (Å²) in [5, 5.41) is 2.89. The van der Waals surface area contributed by atoms with Gasteiger partial charge in [-0.15, -0.1) is 6.17 Å². The Hall–Kier alpha value is -1.47. The predicted molar refractivity (Wildman–Crippen MR) is 79.2 cm³/mol. The second-order valence-corrected chi connectivity index (χ2v) is 6.56. The molecule has 0 aliphatic heterocycles. The third kappa shape index (κ3) is 2.29. The van der Waals surface area contributed by atoms with Gasteiger partial charge in [0.1, 0.15) is 0 Å². The summed E-state index contributed by atoms with van der Waals surface area (Å²) in [4.78, 5) is 0. The van der Waals surface area contributed by atoms with Crippen LogP contribution >= 0.6 is 0 Å². The van der Waals surface area contributed by atoms with E-state index in [1.54, 1.807) is 0 Å². The molecule has 2 aromatic carbocycles. The summed E-state index contributed by atoms with van der Waals surface area (Å²) in [5.74, 6) is 0. The second-order valence-electron chi connectivity index (χ2n) is 4.56. The average Bonchev–Trinajstić information content (AvgIpc) is 2.29. The summed E-state index contributed by atoms with van der Waals surface area (Å²) in [6.45, 7) is 6.56. The monoisotopic (exact) mass is 238 g/mol. The highest BCUT2D eigenvalue weighted by atomic mass is 28.2. The molecule has 0 aliphatic carbocycles. The molecule has 2 rings (SSSR count). The van der Waals surface area contributed by atoms with Crippen LogP contribution in [0.2, 0.25) is 0 Å². The Morgan fingerprint density at radius 3 is 1.88 bits per heavy atom. The van der Waals surface area contributed by atoms with Gasteiger partial charge in [-0.05, 0) is 47.8 Å². The number of aryl methyl sites for hydroxylation is 3. The maximum absolute atomic E-state index is 4.46. The largest absolute Gasteiger partial charge is 0.110 e. The molecule has 0 saturated heterocycles. The van der Waals surface area contributed by atoms with Crippen molar-refractivity contribution >= 4 is 25.0 Å². The molecule has 0 nitrogen and oxygen atoms in total. The van der Waals surface area contributed by atoms with Crippen molar-refractivity contribution in [1.29, 1.82) is 0 Å². The Morgan fingerprint density at radius 1 is 0.765 bits per heavy atom. The zero-order valence-electron chi connectivity index (χ0n) is 10.7. The fraction of sp³-hybridized carbons (Fsp3) is 0.188. The molecular formula is C16H18Si. The lowest BCUT2D eigenvalue weighted by Crippen LogP contribution is -2.38. The van der Waals surface area contributed by atoms with E-state index in [0.29, 0.717) is 0 Å². The summed E-state index contributed by atoms with van der Waals surface area (Å²) in [6, 6.07) is 15.1. The Balaban J connectivity index is 2.56. The van der Waals surface area contributed by atoms with E-state index >= 15 is 0 Å². The molecule has 1 heteroatoms. The van der Waals surface area contributed by atoms with Crippen molar-refractivity contribution in [3.8, 4) is 0 Å². The fourth-order valence-electron chi connectivity index (χ4n) is 2.34. The maximum Gasteiger partial charge on any atom is 0.0737 e. The first-order valence-electron chi connectivity index (χ1n) is 5.92. The lowest BCUT2D eigenvalue weighted by Gasteiger charge is -2.13. The van der Waals surface area contributed by atoms with E-state index in [1.165, 1.54) is 27.1 Å². The van der Waals surface area contributed by atoms with Gasteiger partial charge in [0, 0.05) is 0 Å². The molecule has 0 N–H and O–H groups in total. The van der Waals surface area contributed by atoms with Crippen LogP contribution in [0.1, 0.15) is 16.7 Å². The third-order valence-corrected chi connectivity index (χ3v) is 5.86. The highest BCUT2D eigenvalue weighted by Crippen LogP contribution is 2.01. The smallest absolute Gasteiger partial charge is 0.0737 e. The third-order valence-electron chi connectivity index (χ3n) is 3.25. The van der Waals surface area contributed by atoms with Gasteiger partial charge in [-0.2, -0.15) is 0 Å². The summed E-state index contributed by atoms with van der Waals surface area (Å²) < 4.78 is 0. The van der Waals surface area contributed by atoms with Gasteiger partial charge in [0.25, 0.3) is 0 Å². The molecule has 0 heterocycles. The van der Waals surface area contributed by atoms with Crippen LogP contribution in [-0.4, -0.2) is 14.6 Å². The maximum atomic E-state index is 4.46. The average molecular weight is 238 g/mol. The summed E-state index contributed by atoms with van der Waals surface area (Å²) in [5.41, 5.74) is 4.10. The molecule has 0 aliphatic rings. The highest BCUT2D eigenvalue weighted by molar-refractivity contribution is 6.87. The summed E-state index contributed by atoms with van der Waals surface area (Å²) in [6.07, 6.45) is 4.46. The molecular weight excluding hydrogens is 220 g/mol. The van der Waals surface area contributed by atoms with Crippen LogP contribution in [0.4, 0.5) is 0 Å². The minimum atomic E-state index is -0.885. The minimum absolute atomic E-state index is 0.885. The van der Waals surface area contributed by atoms with Crippen LogP contribution < -0.4 is 10.4 Å². The summed E-state index contributed by atoms with van der Waals surface area (Å²) >= 11 is 0. The van der Waals surface area contributed by atoms with E-state index in [9.17, 15) is 0 Å². The van der Waals surface area contributed by atoms with E-state index in [2.05, 4.69) is 69.4 Å². The van der Waals surface area contributed by atoms with Gasteiger partial charge in [0.2, 0.25) is 0 Å². The molecule has 0 amide bonds. The van der Waals surface area contributed by atoms with Crippen molar-refractivity contribution in [2.45, 2.75) is 20.8 Å². The molecule has 0 aromatic heterocycles. The van der Waals surface area contributed by atoms with Gasteiger partial charge >= 0.3 is 0 Å². The predicted octanol–water partition coefficient (Wildman–Crippen LogP) is 2.23. The quantitative estimate of drug-likeness (QED) is 0.704. The zero-order chi connectivity index (χ0) is 12.4. The molecule has 0 spiro atoms. The van der Waals surface area contributed by atoms with E-state index in [-0.39, 0.29) is 0 Å². The van der Waals surface area contributed by atoms with Crippen LogP contribution in [0.15, 0.2) is 42.5 Å². The van der Waals surface area contributed by atoms with E-state index in [1.807, 2.05) is 0 Å². The van der Waals surface area contributed by atoms with Gasteiger partial charge in [-0.1, -0.05) is 42.5 Å². The van der Waals surface area contributed by atoms with Crippen LogP contribution in [0.25, 0.3) is 0 Å². The van der Waals surface area contributed by atoms with Crippen LogP contribution in [-0.2, 0) is 0 Å². The van der Waals surface area contributed by atoms with Gasteiger partial charge in [0.05, 0.1) is 8.41 Å². The van der Waals surface area contributed by atoms with Crippen molar-refractivity contribution < 1.29 is 0 Å². The Kier molecular flexibility index (Phi) is 3.39. The molecule has 0 atom stereocenters. The first-order valence-corrected chi connectivity index (χ1v) is 7.63. The van der Waals surface area contributed by atoms with Crippen LogP contribution in [0.5, 0.6) is 0 Å². The minimum Gasteiger partial charge on any atom is -0.110 e. The lowest BCUT2D eigenvalue weighted by molar-refractivity contribution is 1.43. The first kappa shape index (κ1) is 12.0. The fourth-order valence-corrected chi connectivity index (χ4v) is 4.58. The molecule has 0 bridgehead atoms. The SMILES string of the molecule is C=[Si](c1ccccc1C)c1c(C)cccc1C. The normalized spacial score (nSPS) is 10.3. The topological polar surface area (TPSA) is 0 Å². The zero-order valence-corrected chi connectivity index (χ0v) is 11.7. The van der Waals surface area contributed by atoms with Crippen molar-refractivity contribution in [3.05, 3.63) is 59.2 Å². The van der Waals surface area contributed by atoms with E-state index < -0.39 is 8.41 Å². The van der Waals surface area contributed by atoms with Crippen molar-refractivity contribution in [2.24, 2.45) is 0 Å². The molecule has 2 aromatic rings. The molecule has 0 saturated carbocycles. The van der Waals surface area contributed by atoms with Crippen LogP contribution in [0, 0.1) is 20.8 Å². The molecule has 0 fully saturated rings. The highest BCUT2D eigenvalue weighted by Gasteiger charge is 2.10. The first-order chi connectivity index (χ1) is 8.11. The number of hydrogen-bond donors (Lipinski definition) is 0. The molecule has 0 unspecified atom stereocenters. The number of rotatable bonds is 2. The van der Waals surface area contributed by atoms with Gasteiger partial charge in [-0.25, -0.2) is 0 Å². The molecule has 86 valence electrons. The lowest BCUT2D eigenvalue weighted by atomic mass is 10.2. The van der Waals surface area contributed by atoms with Crippen LogP contribution in [0.3, 0.4) is 0 Å². The Morgan fingerprint density at radius 2 is 1.29 bits per heavy atom. The number of benzene rings is 2. The summed E-state index contributed by atoms with van der Waals surface area (Å²) in [7, 11) is -0.885. The van der Waals surface area contributed by atoms with E-state index in [0.717, 1.165) is 0 Å². The van der Waals surface area contributed by atoms with Gasteiger partial charge < -0.3 is 0 Å². The van der Waals surface area contributed by atoms with Crippen molar-refractivity contribution in [1.82, 2.24) is 0 Å². The van der Waals surface area contributed by atoms with Crippen molar-refractivity contribution in [2.75, 3.05) is 0 Å².